The van der Waals surface area contributed by atoms with Crippen molar-refractivity contribution in [1.82, 2.24) is 15.2 Å². The van der Waals surface area contributed by atoms with Gasteiger partial charge in [-0.25, -0.2) is 9.37 Å². The van der Waals surface area contributed by atoms with E-state index in [-0.39, 0.29) is 11.7 Å². The number of thiazole rings is 1. The first kappa shape index (κ1) is 22.8. The van der Waals surface area contributed by atoms with E-state index in [1.54, 1.807) is 23.5 Å². The van der Waals surface area contributed by atoms with E-state index in [1.807, 2.05) is 6.07 Å². The molecule has 0 bridgehead atoms. The first-order chi connectivity index (χ1) is 16.1. The monoisotopic (exact) mass is 470 g/mol. The Balaban J connectivity index is 1.10. The quantitative estimate of drug-likeness (QED) is 0.623. The molecule has 2 aromatic rings. The second kappa shape index (κ2) is 10.5. The molecule has 2 aliphatic carbocycles. The predicted octanol–water partition coefficient (Wildman–Crippen LogP) is 5.01. The second-order valence-corrected chi connectivity index (χ2v) is 11.0. The molecule has 2 N–H and O–H groups in total. The molecule has 0 atom stereocenters. The van der Waals surface area contributed by atoms with Gasteiger partial charge in [0.15, 0.2) is 5.13 Å². The van der Waals surface area contributed by atoms with Crippen molar-refractivity contribution in [2.24, 2.45) is 5.92 Å². The number of carbonyl (C=O) groups is 1. The van der Waals surface area contributed by atoms with Crippen LogP contribution in [-0.2, 0) is 17.6 Å². The average Bonchev–Trinajstić information content (AvgIpc) is 3.15. The van der Waals surface area contributed by atoms with Crippen LogP contribution in [-0.4, -0.2) is 48.0 Å². The van der Waals surface area contributed by atoms with E-state index >= 15 is 0 Å². The maximum absolute atomic E-state index is 13.9. The molecule has 5 rings (SSSR count). The molecule has 2 heterocycles. The van der Waals surface area contributed by atoms with Crippen LogP contribution in [0, 0.1) is 11.7 Å². The third kappa shape index (κ3) is 5.75. The minimum Gasteiger partial charge on any atom is -0.361 e. The van der Waals surface area contributed by atoms with Gasteiger partial charge in [0.25, 0.3) is 0 Å². The van der Waals surface area contributed by atoms with Gasteiger partial charge in [0.1, 0.15) is 5.82 Å². The van der Waals surface area contributed by atoms with Gasteiger partial charge in [-0.15, -0.1) is 11.3 Å². The van der Waals surface area contributed by atoms with Crippen molar-refractivity contribution in [3.05, 3.63) is 34.5 Å². The summed E-state index contributed by atoms with van der Waals surface area (Å²) in [5, 5.41) is 7.79. The number of aryl methyl sites for hydroxylation is 2. The summed E-state index contributed by atoms with van der Waals surface area (Å²) in [5.41, 5.74) is 3.13. The van der Waals surface area contributed by atoms with Crippen LogP contribution in [0.5, 0.6) is 0 Å². The van der Waals surface area contributed by atoms with Crippen molar-refractivity contribution in [2.45, 2.75) is 70.3 Å². The van der Waals surface area contributed by atoms with Crippen LogP contribution >= 0.6 is 11.3 Å². The molecule has 0 unspecified atom stereocenters. The zero-order chi connectivity index (χ0) is 22.6. The number of amides is 1. The van der Waals surface area contributed by atoms with E-state index in [9.17, 15) is 9.18 Å². The number of piperidine rings is 1. The Morgan fingerprint density at radius 1 is 1.09 bits per heavy atom. The predicted molar refractivity (Wildman–Crippen MR) is 132 cm³/mol. The Kier molecular flexibility index (Phi) is 7.26. The summed E-state index contributed by atoms with van der Waals surface area (Å²) < 4.78 is 13.9. The lowest BCUT2D eigenvalue weighted by atomic mass is 9.86. The van der Waals surface area contributed by atoms with E-state index in [2.05, 4.69) is 15.5 Å². The standard InChI is InChI=1S/C26H35FN4OS/c27-20-10-9-19-5-4-6-23-25(22(19)15-20)30-26(33-23)28-16-18-7-11-21(12-8-18)29-24(32)17-31-13-2-1-3-14-31/h9-10,15,18,21H,1-8,11-14,16-17H2,(H,28,30)(H,29,32). The summed E-state index contributed by atoms with van der Waals surface area (Å²) in [6, 6.07) is 5.43. The van der Waals surface area contributed by atoms with E-state index < -0.39 is 0 Å². The van der Waals surface area contributed by atoms with Gasteiger partial charge >= 0.3 is 0 Å². The van der Waals surface area contributed by atoms with Crippen molar-refractivity contribution >= 4 is 22.4 Å². The minimum absolute atomic E-state index is 0.191. The third-order valence-electron chi connectivity index (χ3n) is 7.44. The van der Waals surface area contributed by atoms with Gasteiger partial charge in [0, 0.05) is 23.0 Å². The van der Waals surface area contributed by atoms with Gasteiger partial charge in [-0.05, 0) is 94.5 Å². The molecule has 1 saturated carbocycles. The lowest BCUT2D eigenvalue weighted by Crippen LogP contribution is -2.45. The van der Waals surface area contributed by atoms with Crippen LogP contribution in [0.4, 0.5) is 9.52 Å². The molecule has 1 amide bonds. The number of fused-ring (bicyclic) bond motifs is 3. The second-order valence-electron chi connectivity index (χ2n) is 9.95. The van der Waals surface area contributed by atoms with Gasteiger partial charge in [0.05, 0.1) is 12.2 Å². The zero-order valence-electron chi connectivity index (χ0n) is 19.4. The van der Waals surface area contributed by atoms with Crippen LogP contribution in [0.15, 0.2) is 18.2 Å². The molecule has 33 heavy (non-hydrogen) atoms. The maximum Gasteiger partial charge on any atom is 0.234 e. The molecule has 0 spiro atoms. The molecule has 5 nitrogen and oxygen atoms in total. The summed E-state index contributed by atoms with van der Waals surface area (Å²) >= 11 is 1.73. The molecule has 7 heteroatoms. The summed E-state index contributed by atoms with van der Waals surface area (Å²) in [5.74, 6) is 0.608. The number of aromatic nitrogens is 1. The number of halogens is 1. The van der Waals surface area contributed by atoms with Gasteiger partial charge in [0.2, 0.25) is 5.91 Å². The highest BCUT2D eigenvalue weighted by Crippen LogP contribution is 2.38. The number of hydrogen-bond acceptors (Lipinski definition) is 5. The molecule has 1 aliphatic heterocycles. The number of hydrogen-bond donors (Lipinski definition) is 2. The number of anilines is 1. The van der Waals surface area contributed by atoms with E-state index in [4.69, 9.17) is 4.98 Å². The van der Waals surface area contributed by atoms with Crippen molar-refractivity contribution in [3.63, 3.8) is 0 Å². The lowest BCUT2D eigenvalue weighted by Gasteiger charge is -2.31. The number of nitrogens with one attached hydrogen (secondary N) is 2. The topological polar surface area (TPSA) is 57.3 Å². The molecule has 1 aromatic heterocycles. The van der Waals surface area contributed by atoms with Crippen molar-refractivity contribution in [1.29, 1.82) is 0 Å². The van der Waals surface area contributed by atoms with E-state index in [1.165, 1.54) is 29.7 Å². The van der Waals surface area contributed by atoms with Crippen LogP contribution in [0.2, 0.25) is 0 Å². The summed E-state index contributed by atoms with van der Waals surface area (Å²) in [7, 11) is 0. The van der Waals surface area contributed by atoms with E-state index in [0.717, 1.165) is 81.0 Å². The number of rotatable bonds is 6. The van der Waals surface area contributed by atoms with Crippen molar-refractivity contribution < 1.29 is 9.18 Å². The van der Waals surface area contributed by atoms with Crippen LogP contribution < -0.4 is 10.6 Å². The Morgan fingerprint density at radius 2 is 1.91 bits per heavy atom. The smallest absolute Gasteiger partial charge is 0.234 e. The summed E-state index contributed by atoms with van der Waals surface area (Å²) in [6.45, 7) is 3.60. The first-order valence-electron chi connectivity index (χ1n) is 12.7. The molecule has 2 fully saturated rings. The fraction of sp³-hybridized carbons (Fsp3) is 0.615. The minimum atomic E-state index is -0.191. The Morgan fingerprint density at radius 3 is 2.73 bits per heavy atom. The van der Waals surface area contributed by atoms with Crippen LogP contribution in [0.3, 0.4) is 0 Å². The summed E-state index contributed by atoms with van der Waals surface area (Å²) in [6.07, 6.45) is 11.2. The fourth-order valence-corrected chi connectivity index (χ4v) is 6.59. The molecular weight excluding hydrogens is 435 g/mol. The zero-order valence-corrected chi connectivity index (χ0v) is 20.2. The van der Waals surface area contributed by atoms with Gasteiger partial charge in [-0.1, -0.05) is 12.5 Å². The summed E-state index contributed by atoms with van der Waals surface area (Å²) in [4.78, 5) is 20.8. The Labute approximate surface area is 200 Å². The third-order valence-corrected chi connectivity index (χ3v) is 8.52. The molecule has 0 radical (unpaired) electrons. The van der Waals surface area contributed by atoms with E-state index in [0.29, 0.717) is 18.5 Å². The fourth-order valence-electron chi connectivity index (χ4n) is 5.57. The highest BCUT2D eigenvalue weighted by atomic mass is 32.1. The highest BCUT2D eigenvalue weighted by Gasteiger charge is 2.24. The largest absolute Gasteiger partial charge is 0.361 e. The highest BCUT2D eigenvalue weighted by molar-refractivity contribution is 7.16. The van der Waals surface area contributed by atoms with Gasteiger partial charge in [-0.3, -0.25) is 9.69 Å². The van der Waals surface area contributed by atoms with Gasteiger partial charge in [-0.2, -0.15) is 0 Å². The van der Waals surface area contributed by atoms with Crippen LogP contribution in [0.1, 0.15) is 61.8 Å². The van der Waals surface area contributed by atoms with Crippen molar-refractivity contribution in [3.8, 4) is 11.3 Å². The number of benzene rings is 1. The Hall–Kier alpha value is -1.99. The Bertz CT molecular complexity index is 963. The number of nitrogens with zero attached hydrogens (tertiary/aromatic N) is 2. The molecule has 3 aliphatic rings. The van der Waals surface area contributed by atoms with Gasteiger partial charge < -0.3 is 10.6 Å². The normalized spacial score (nSPS) is 23.3. The first-order valence-corrected chi connectivity index (χ1v) is 13.5. The lowest BCUT2D eigenvalue weighted by molar-refractivity contribution is -0.123. The number of carbonyl (C=O) groups excluding carboxylic acids is 1. The number of likely N-dealkylation sites (tertiary alicyclic amines) is 1. The maximum atomic E-state index is 13.9. The average molecular weight is 471 g/mol. The molecular formula is C26H35FN4OS. The SMILES string of the molecule is O=C(CN1CCCCC1)NC1CCC(CNc2nc3c(s2)CCCc2ccc(F)cc2-3)CC1. The molecule has 1 saturated heterocycles. The van der Waals surface area contributed by atoms with Crippen LogP contribution in [0.25, 0.3) is 11.3 Å². The molecule has 1 aromatic carbocycles. The van der Waals surface area contributed by atoms with Crippen molar-refractivity contribution in [2.75, 3.05) is 31.5 Å². The molecule has 178 valence electrons.